The smallest absolute Gasteiger partial charge is 0.363 e. The van der Waals surface area contributed by atoms with Crippen LogP contribution in [0, 0.1) is 0 Å². The van der Waals surface area contributed by atoms with Gasteiger partial charge in [0, 0.05) is 22.4 Å². The predicted molar refractivity (Wildman–Crippen MR) is 81.8 cm³/mol. The van der Waals surface area contributed by atoms with Crippen LogP contribution in [0.15, 0.2) is 57.9 Å². The van der Waals surface area contributed by atoms with Gasteiger partial charge in [-0.3, -0.25) is 0 Å². The minimum Gasteiger partial charge on any atom is -0.497 e. The Bertz CT molecular complexity index is 1050. The summed E-state index contributed by atoms with van der Waals surface area (Å²) in [7, 11) is 1.61. The Morgan fingerprint density at radius 2 is 1.95 bits per heavy atom. The largest absolute Gasteiger partial charge is 0.497 e. The van der Waals surface area contributed by atoms with Crippen molar-refractivity contribution >= 4 is 32.6 Å². The second kappa shape index (κ2) is 4.31. The summed E-state index contributed by atoms with van der Waals surface area (Å²) in [5.41, 5.74) is 0.453. The highest BCUT2D eigenvalue weighted by atomic mass is 16.5. The highest BCUT2D eigenvalue weighted by Gasteiger charge is 2.12. The highest BCUT2D eigenvalue weighted by Crippen LogP contribution is 2.30. The zero-order valence-corrected chi connectivity index (χ0v) is 11.3. The zero-order valence-electron chi connectivity index (χ0n) is 11.3. The SMILES string of the molecule is COc1ccc2oc(=O)c3ncc4ccccc4c3c2c1. The van der Waals surface area contributed by atoms with Gasteiger partial charge in [-0.15, -0.1) is 0 Å². The van der Waals surface area contributed by atoms with E-state index in [1.54, 1.807) is 25.4 Å². The third-order valence-electron chi connectivity index (χ3n) is 3.65. The van der Waals surface area contributed by atoms with Gasteiger partial charge in [-0.25, -0.2) is 9.78 Å². The second-order valence-corrected chi connectivity index (χ2v) is 4.82. The molecule has 0 atom stereocenters. The first-order valence-corrected chi connectivity index (χ1v) is 6.56. The standard InChI is InChI=1S/C17H11NO3/c1-20-11-6-7-14-13(8-11)15-12-5-3-2-4-10(12)9-18-16(15)17(19)21-14/h2-9H,1H3. The molecule has 2 heterocycles. The van der Waals surface area contributed by atoms with Gasteiger partial charge in [-0.1, -0.05) is 24.3 Å². The average Bonchev–Trinajstić information content (AvgIpc) is 2.54. The Labute approximate surface area is 119 Å². The van der Waals surface area contributed by atoms with Crippen LogP contribution in [0.3, 0.4) is 0 Å². The number of aromatic nitrogens is 1. The minimum atomic E-state index is -0.423. The van der Waals surface area contributed by atoms with Crippen molar-refractivity contribution in [1.29, 1.82) is 0 Å². The van der Waals surface area contributed by atoms with E-state index in [0.29, 0.717) is 16.8 Å². The van der Waals surface area contributed by atoms with Crippen LogP contribution in [0.2, 0.25) is 0 Å². The minimum absolute atomic E-state index is 0.342. The fourth-order valence-electron chi connectivity index (χ4n) is 2.66. The Balaban J connectivity index is 2.35. The van der Waals surface area contributed by atoms with E-state index in [1.807, 2.05) is 30.3 Å². The summed E-state index contributed by atoms with van der Waals surface area (Å²) >= 11 is 0. The van der Waals surface area contributed by atoms with E-state index in [9.17, 15) is 4.79 Å². The highest BCUT2D eigenvalue weighted by molar-refractivity contribution is 6.17. The maximum atomic E-state index is 12.1. The van der Waals surface area contributed by atoms with Crippen molar-refractivity contribution in [3.05, 3.63) is 59.1 Å². The van der Waals surface area contributed by atoms with E-state index in [4.69, 9.17) is 9.15 Å². The summed E-state index contributed by atoms with van der Waals surface area (Å²) < 4.78 is 10.6. The van der Waals surface area contributed by atoms with E-state index in [1.165, 1.54) is 0 Å². The molecule has 4 nitrogen and oxygen atoms in total. The molecule has 21 heavy (non-hydrogen) atoms. The predicted octanol–water partition coefficient (Wildman–Crippen LogP) is 3.50. The summed E-state index contributed by atoms with van der Waals surface area (Å²) in [6.45, 7) is 0. The Morgan fingerprint density at radius 3 is 2.81 bits per heavy atom. The zero-order chi connectivity index (χ0) is 14.4. The molecule has 0 amide bonds. The third kappa shape index (κ3) is 1.69. The van der Waals surface area contributed by atoms with Crippen LogP contribution in [0.1, 0.15) is 0 Å². The van der Waals surface area contributed by atoms with Crippen LogP contribution in [0.5, 0.6) is 5.75 Å². The summed E-state index contributed by atoms with van der Waals surface area (Å²) in [6.07, 6.45) is 1.70. The van der Waals surface area contributed by atoms with E-state index in [0.717, 1.165) is 21.5 Å². The molecule has 0 aliphatic carbocycles. The number of fused-ring (bicyclic) bond motifs is 5. The van der Waals surface area contributed by atoms with Gasteiger partial charge in [0.1, 0.15) is 11.3 Å². The van der Waals surface area contributed by atoms with Gasteiger partial charge in [0.05, 0.1) is 7.11 Å². The van der Waals surface area contributed by atoms with Crippen molar-refractivity contribution < 1.29 is 9.15 Å². The lowest BCUT2D eigenvalue weighted by Crippen LogP contribution is -2.02. The Morgan fingerprint density at radius 1 is 1.10 bits per heavy atom. The number of hydrogen-bond donors (Lipinski definition) is 0. The number of methoxy groups -OCH3 is 1. The van der Waals surface area contributed by atoms with Crippen molar-refractivity contribution in [3.63, 3.8) is 0 Å². The van der Waals surface area contributed by atoms with Gasteiger partial charge in [0.2, 0.25) is 0 Å². The molecule has 0 radical (unpaired) electrons. The van der Waals surface area contributed by atoms with Crippen LogP contribution in [0.25, 0.3) is 32.6 Å². The van der Waals surface area contributed by atoms with Gasteiger partial charge in [0.15, 0.2) is 5.52 Å². The molecule has 4 heteroatoms. The lowest BCUT2D eigenvalue weighted by molar-refractivity contribution is 0.415. The van der Waals surface area contributed by atoms with Gasteiger partial charge >= 0.3 is 5.63 Å². The number of rotatable bonds is 1. The third-order valence-corrected chi connectivity index (χ3v) is 3.65. The maximum Gasteiger partial charge on any atom is 0.363 e. The van der Waals surface area contributed by atoms with Crippen molar-refractivity contribution in [2.45, 2.75) is 0 Å². The molecule has 0 aliphatic heterocycles. The van der Waals surface area contributed by atoms with E-state index in [-0.39, 0.29) is 0 Å². The number of nitrogens with zero attached hydrogens (tertiary/aromatic N) is 1. The van der Waals surface area contributed by atoms with Crippen LogP contribution in [-0.4, -0.2) is 12.1 Å². The first kappa shape index (κ1) is 11.9. The van der Waals surface area contributed by atoms with Crippen molar-refractivity contribution in [3.8, 4) is 5.75 Å². The molecule has 102 valence electrons. The molecule has 0 saturated heterocycles. The number of benzene rings is 2. The van der Waals surface area contributed by atoms with Gasteiger partial charge in [0.25, 0.3) is 0 Å². The van der Waals surface area contributed by atoms with Crippen LogP contribution < -0.4 is 10.4 Å². The molecular formula is C17H11NO3. The maximum absolute atomic E-state index is 12.1. The summed E-state index contributed by atoms with van der Waals surface area (Å²) in [4.78, 5) is 16.4. The van der Waals surface area contributed by atoms with Crippen LogP contribution >= 0.6 is 0 Å². The molecule has 0 unspecified atom stereocenters. The first-order valence-electron chi connectivity index (χ1n) is 6.56. The lowest BCUT2D eigenvalue weighted by Gasteiger charge is -2.07. The summed E-state index contributed by atoms with van der Waals surface area (Å²) in [5.74, 6) is 0.714. The normalized spacial score (nSPS) is 11.3. The average molecular weight is 277 g/mol. The fourth-order valence-corrected chi connectivity index (χ4v) is 2.66. The van der Waals surface area contributed by atoms with E-state index < -0.39 is 5.63 Å². The van der Waals surface area contributed by atoms with Crippen molar-refractivity contribution in [2.75, 3.05) is 7.11 Å². The molecule has 0 bridgehead atoms. The molecule has 4 rings (SSSR count). The van der Waals surface area contributed by atoms with E-state index >= 15 is 0 Å². The van der Waals surface area contributed by atoms with Crippen molar-refractivity contribution in [1.82, 2.24) is 4.98 Å². The quantitative estimate of drug-likeness (QED) is 0.394. The number of hydrogen-bond acceptors (Lipinski definition) is 4. The molecule has 2 aromatic heterocycles. The molecule has 0 spiro atoms. The Hall–Kier alpha value is -2.88. The lowest BCUT2D eigenvalue weighted by atomic mass is 10.0. The van der Waals surface area contributed by atoms with Gasteiger partial charge in [-0.05, 0) is 23.6 Å². The molecule has 0 fully saturated rings. The first-order chi connectivity index (χ1) is 10.3. The second-order valence-electron chi connectivity index (χ2n) is 4.82. The van der Waals surface area contributed by atoms with Crippen molar-refractivity contribution in [2.24, 2.45) is 0 Å². The Kier molecular flexibility index (Phi) is 2.44. The summed E-state index contributed by atoms with van der Waals surface area (Å²) in [5, 5.41) is 3.60. The topological polar surface area (TPSA) is 52.3 Å². The monoisotopic (exact) mass is 277 g/mol. The summed E-state index contributed by atoms with van der Waals surface area (Å²) in [6, 6.07) is 13.2. The molecular weight excluding hydrogens is 266 g/mol. The van der Waals surface area contributed by atoms with Crippen LogP contribution in [0.4, 0.5) is 0 Å². The van der Waals surface area contributed by atoms with Gasteiger partial charge < -0.3 is 9.15 Å². The number of pyridine rings is 1. The molecule has 4 aromatic rings. The van der Waals surface area contributed by atoms with E-state index in [2.05, 4.69) is 4.98 Å². The molecule has 0 N–H and O–H groups in total. The fraction of sp³-hybridized carbons (Fsp3) is 0.0588. The molecule has 2 aromatic carbocycles. The molecule has 0 aliphatic rings. The van der Waals surface area contributed by atoms with Crippen LogP contribution in [-0.2, 0) is 0 Å². The number of ether oxygens (including phenoxy) is 1. The molecule has 0 saturated carbocycles. The van der Waals surface area contributed by atoms with Gasteiger partial charge in [-0.2, -0.15) is 0 Å².